The van der Waals surface area contributed by atoms with Crippen LogP contribution in [-0.2, 0) is 0 Å². The van der Waals surface area contributed by atoms with Gasteiger partial charge in [-0.1, -0.05) is 0 Å². The summed E-state index contributed by atoms with van der Waals surface area (Å²) in [6, 6.07) is 0.520. The molecule has 2 heterocycles. The summed E-state index contributed by atoms with van der Waals surface area (Å²) < 4.78 is 1.08. The lowest BCUT2D eigenvalue weighted by molar-refractivity contribution is 0.479. The number of aromatic nitrogens is 2. The molecule has 1 aliphatic heterocycles. The molecule has 1 aliphatic rings. The van der Waals surface area contributed by atoms with Crippen molar-refractivity contribution in [2.75, 3.05) is 24.5 Å². The van der Waals surface area contributed by atoms with Crippen molar-refractivity contribution < 1.29 is 0 Å². The molecule has 1 atom stereocenters. The number of anilines is 1. The van der Waals surface area contributed by atoms with E-state index in [1.165, 1.54) is 0 Å². The van der Waals surface area contributed by atoms with Gasteiger partial charge in [-0.15, -0.1) is 0 Å². The monoisotopic (exact) mass is 304 g/mol. The van der Waals surface area contributed by atoms with Gasteiger partial charge in [0.25, 0.3) is 0 Å². The van der Waals surface area contributed by atoms with Gasteiger partial charge in [0.15, 0.2) is 0 Å². The predicted molar refractivity (Wildman–Crippen MR) is 64.4 cm³/mol. The van der Waals surface area contributed by atoms with Crippen LogP contribution in [0.25, 0.3) is 0 Å². The lowest BCUT2D eigenvalue weighted by Crippen LogP contribution is -2.49. The molecule has 4 nitrogen and oxygen atoms in total. The summed E-state index contributed by atoms with van der Waals surface area (Å²) in [5, 5.41) is 3.39. The first-order valence-corrected chi connectivity index (χ1v) is 5.79. The minimum atomic E-state index is 0.520. The Bertz CT molecular complexity index is 300. The van der Waals surface area contributed by atoms with Gasteiger partial charge in [0.2, 0.25) is 5.95 Å². The molecule has 14 heavy (non-hydrogen) atoms. The predicted octanol–water partition coefficient (Wildman–Crippen LogP) is 0.879. The molecule has 5 heteroatoms. The standard InChI is InChI=1S/C9H13IN4/c1-7-6-14(3-2-11-7)9-12-4-8(10)5-13-9/h4-5,7,11H,2-3,6H2,1H3. The van der Waals surface area contributed by atoms with E-state index in [4.69, 9.17) is 0 Å². The second-order valence-corrected chi connectivity index (χ2v) is 4.75. The number of rotatable bonds is 1. The third-order valence-electron chi connectivity index (χ3n) is 2.26. The SMILES string of the molecule is CC1CN(c2ncc(I)cn2)CCN1. The fourth-order valence-electron chi connectivity index (χ4n) is 1.58. The Balaban J connectivity index is 2.10. The van der Waals surface area contributed by atoms with Crippen molar-refractivity contribution in [3.8, 4) is 0 Å². The number of nitrogens with zero attached hydrogens (tertiary/aromatic N) is 3. The molecule has 2 rings (SSSR count). The lowest BCUT2D eigenvalue weighted by Gasteiger charge is -2.31. The Hall–Kier alpha value is -0.430. The number of hydrogen-bond donors (Lipinski definition) is 1. The zero-order valence-electron chi connectivity index (χ0n) is 8.07. The van der Waals surface area contributed by atoms with Crippen molar-refractivity contribution in [3.63, 3.8) is 0 Å². The van der Waals surface area contributed by atoms with Gasteiger partial charge in [0.1, 0.15) is 0 Å². The maximum atomic E-state index is 4.32. The lowest BCUT2D eigenvalue weighted by atomic mass is 10.2. The van der Waals surface area contributed by atoms with E-state index in [2.05, 4.69) is 49.7 Å². The minimum Gasteiger partial charge on any atom is -0.338 e. The highest BCUT2D eigenvalue weighted by molar-refractivity contribution is 14.1. The van der Waals surface area contributed by atoms with Gasteiger partial charge >= 0.3 is 0 Å². The van der Waals surface area contributed by atoms with E-state index >= 15 is 0 Å². The summed E-state index contributed by atoms with van der Waals surface area (Å²) >= 11 is 2.22. The molecule has 1 saturated heterocycles. The Morgan fingerprint density at radius 1 is 1.50 bits per heavy atom. The van der Waals surface area contributed by atoms with Crippen LogP contribution in [0.5, 0.6) is 0 Å². The minimum absolute atomic E-state index is 0.520. The molecule has 1 fully saturated rings. The summed E-state index contributed by atoms with van der Waals surface area (Å²) in [6.07, 6.45) is 3.71. The highest BCUT2D eigenvalue weighted by Crippen LogP contribution is 2.10. The van der Waals surface area contributed by atoms with Crippen LogP contribution in [-0.4, -0.2) is 35.6 Å². The Morgan fingerprint density at radius 3 is 2.86 bits per heavy atom. The van der Waals surface area contributed by atoms with Gasteiger partial charge in [0.05, 0.1) is 0 Å². The molecule has 0 radical (unpaired) electrons. The topological polar surface area (TPSA) is 41.1 Å². The maximum Gasteiger partial charge on any atom is 0.225 e. The van der Waals surface area contributed by atoms with Crippen molar-refractivity contribution in [1.29, 1.82) is 0 Å². The summed E-state index contributed by atoms with van der Waals surface area (Å²) in [7, 11) is 0. The van der Waals surface area contributed by atoms with Gasteiger partial charge in [-0.2, -0.15) is 0 Å². The fourth-order valence-corrected chi connectivity index (χ4v) is 1.86. The highest BCUT2D eigenvalue weighted by atomic mass is 127. The molecule has 0 aromatic carbocycles. The van der Waals surface area contributed by atoms with Gasteiger partial charge in [-0.05, 0) is 29.5 Å². The van der Waals surface area contributed by atoms with Crippen LogP contribution in [0.2, 0.25) is 0 Å². The van der Waals surface area contributed by atoms with Crippen LogP contribution in [0.4, 0.5) is 5.95 Å². The average Bonchev–Trinajstić information content (AvgIpc) is 2.19. The second kappa shape index (κ2) is 4.39. The zero-order valence-corrected chi connectivity index (χ0v) is 10.2. The molecule has 1 aromatic heterocycles. The molecule has 0 saturated carbocycles. The zero-order chi connectivity index (χ0) is 9.97. The van der Waals surface area contributed by atoms with E-state index in [1.807, 2.05) is 12.4 Å². The van der Waals surface area contributed by atoms with Crippen molar-refractivity contribution in [2.24, 2.45) is 0 Å². The molecule has 0 aliphatic carbocycles. The van der Waals surface area contributed by atoms with Crippen LogP contribution in [0, 0.1) is 3.57 Å². The van der Waals surface area contributed by atoms with E-state index in [0.29, 0.717) is 6.04 Å². The van der Waals surface area contributed by atoms with Crippen LogP contribution in [0.3, 0.4) is 0 Å². The van der Waals surface area contributed by atoms with Crippen LogP contribution < -0.4 is 10.2 Å². The van der Waals surface area contributed by atoms with E-state index in [0.717, 1.165) is 29.2 Å². The first-order chi connectivity index (χ1) is 6.75. The number of halogens is 1. The molecule has 76 valence electrons. The molecule has 0 amide bonds. The third kappa shape index (κ3) is 2.33. The Labute approximate surface area is 97.3 Å². The van der Waals surface area contributed by atoms with Gasteiger partial charge in [-0.3, -0.25) is 0 Å². The molecule has 0 bridgehead atoms. The summed E-state index contributed by atoms with van der Waals surface area (Å²) in [5.74, 6) is 0.846. The molecule has 1 N–H and O–H groups in total. The van der Waals surface area contributed by atoms with E-state index in [1.54, 1.807) is 0 Å². The normalized spacial score (nSPS) is 22.4. The van der Waals surface area contributed by atoms with Crippen molar-refractivity contribution in [2.45, 2.75) is 13.0 Å². The molecule has 1 unspecified atom stereocenters. The first kappa shape index (κ1) is 10.1. The largest absolute Gasteiger partial charge is 0.338 e. The number of hydrogen-bond acceptors (Lipinski definition) is 4. The maximum absolute atomic E-state index is 4.32. The Morgan fingerprint density at radius 2 is 2.21 bits per heavy atom. The van der Waals surface area contributed by atoms with Crippen LogP contribution in [0.1, 0.15) is 6.92 Å². The molecular weight excluding hydrogens is 291 g/mol. The first-order valence-electron chi connectivity index (χ1n) is 4.71. The molecule has 1 aromatic rings. The number of nitrogens with one attached hydrogen (secondary N) is 1. The highest BCUT2D eigenvalue weighted by Gasteiger charge is 2.17. The second-order valence-electron chi connectivity index (χ2n) is 3.50. The molecule has 0 spiro atoms. The summed E-state index contributed by atoms with van der Waals surface area (Å²) in [4.78, 5) is 10.9. The smallest absolute Gasteiger partial charge is 0.225 e. The van der Waals surface area contributed by atoms with Gasteiger partial charge in [-0.25, -0.2) is 9.97 Å². The van der Waals surface area contributed by atoms with Crippen molar-refractivity contribution >= 4 is 28.5 Å². The Kier molecular flexibility index (Phi) is 3.17. The van der Waals surface area contributed by atoms with Crippen LogP contribution in [0.15, 0.2) is 12.4 Å². The summed E-state index contributed by atoms with van der Waals surface area (Å²) in [6.45, 7) is 5.17. The van der Waals surface area contributed by atoms with E-state index in [-0.39, 0.29) is 0 Å². The summed E-state index contributed by atoms with van der Waals surface area (Å²) in [5.41, 5.74) is 0. The fraction of sp³-hybridized carbons (Fsp3) is 0.556. The van der Waals surface area contributed by atoms with Gasteiger partial charge < -0.3 is 10.2 Å². The van der Waals surface area contributed by atoms with Crippen molar-refractivity contribution in [1.82, 2.24) is 15.3 Å². The van der Waals surface area contributed by atoms with E-state index in [9.17, 15) is 0 Å². The number of piperazine rings is 1. The third-order valence-corrected chi connectivity index (χ3v) is 2.82. The van der Waals surface area contributed by atoms with Crippen molar-refractivity contribution in [3.05, 3.63) is 16.0 Å². The average molecular weight is 304 g/mol. The quantitative estimate of drug-likeness (QED) is 0.782. The van der Waals surface area contributed by atoms with Gasteiger partial charge in [0, 0.05) is 41.6 Å². The van der Waals surface area contributed by atoms with E-state index < -0.39 is 0 Å². The van der Waals surface area contributed by atoms with Crippen LogP contribution >= 0.6 is 22.6 Å². The molecular formula is C9H13IN4.